The number of aryl methyl sites for hydroxylation is 2. The Bertz CT molecular complexity index is 732. The van der Waals surface area contributed by atoms with Crippen molar-refractivity contribution >= 4 is 29.0 Å². The monoisotopic (exact) mass is 330 g/mol. The van der Waals surface area contributed by atoms with Crippen LogP contribution in [0, 0.1) is 24.0 Å². The van der Waals surface area contributed by atoms with Crippen molar-refractivity contribution in [2.75, 3.05) is 11.1 Å². The van der Waals surface area contributed by atoms with E-state index in [2.05, 4.69) is 11.4 Å². The molecule has 0 saturated carbocycles. The Balaban J connectivity index is 1.87. The Labute approximate surface area is 139 Å². The number of nitro groups is 1. The first-order valence-corrected chi connectivity index (χ1v) is 8.29. The summed E-state index contributed by atoms with van der Waals surface area (Å²) in [6, 6.07) is 12.8. The number of anilines is 1. The lowest BCUT2D eigenvalue weighted by atomic mass is 10.2. The van der Waals surface area contributed by atoms with Crippen molar-refractivity contribution in [2.24, 2.45) is 0 Å². The van der Waals surface area contributed by atoms with E-state index in [0.29, 0.717) is 17.0 Å². The molecule has 2 aromatic rings. The predicted octanol–water partition coefficient (Wildman–Crippen LogP) is 4.08. The molecule has 0 saturated heterocycles. The molecule has 0 heterocycles. The summed E-state index contributed by atoms with van der Waals surface area (Å²) in [6.45, 7) is 3.70. The van der Waals surface area contributed by atoms with Gasteiger partial charge in [0.25, 0.3) is 5.69 Å². The summed E-state index contributed by atoms with van der Waals surface area (Å²) in [5.74, 6) is 0.888. The number of hydrogen-bond acceptors (Lipinski definition) is 4. The third-order valence-electron chi connectivity index (χ3n) is 3.27. The second kappa shape index (κ2) is 7.78. The number of amides is 1. The van der Waals surface area contributed by atoms with Crippen molar-refractivity contribution in [3.05, 3.63) is 69.3 Å². The van der Waals surface area contributed by atoms with Gasteiger partial charge < -0.3 is 5.32 Å². The standard InChI is InChI=1S/C17H18N2O3S/c1-12-4-3-5-14(8-12)10-23-11-17(20)18-15-7-6-13(2)16(9-15)19(21)22/h3-9H,10-11H2,1-2H3,(H,18,20). The average molecular weight is 330 g/mol. The molecule has 0 aliphatic rings. The molecule has 0 aliphatic heterocycles. The van der Waals surface area contributed by atoms with Crippen molar-refractivity contribution < 1.29 is 9.72 Å². The number of hydrogen-bond donors (Lipinski definition) is 1. The number of nitro benzene ring substituents is 1. The highest BCUT2D eigenvalue weighted by atomic mass is 32.2. The van der Waals surface area contributed by atoms with Crippen LogP contribution in [0.25, 0.3) is 0 Å². The average Bonchev–Trinajstić information content (AvgIpc) is 2.49. The van der Waals surface area contributed by atoms with Crippen molar-refractivity contribution in [1.82, 2.24) is 0 Å². The van der Waals surface area contributed by atoms with Crippen LogP contribution in [-0.4, -0.2) is 16.6 Å². The van der Waals surface area contributed by atoms with Gasteiger partial charge in [-0.1, -0.05) is 35.9 Å². The minimum atomic E-state index is -0.447. The molecule has 120 valence electrons. The SMILES string of the molecule is Cc1cccc(CSCC(=O)Nc2ccc(C)c([N+](=O)[O-])c2)c1. The summed E-state index contributed by atoms with van der Waals surface area (Å²) in [5.41, 5.74) is 3.40. The van der Waals surface area contributed by atoms with E-state index in [1.807, 2.05) is 25.1 Å². The molecule has 1 N–H and O–H groups in total. The van der Waals surface area contributed by atoms with E-state index in [-0.39, 0.29) is 11.6 Å². The van der Waals surface area contributed by atoms with E-state index in [1.54, 1.807) is 19.1 Å². The molecule has 2 rings (SSSR count). The van der Waals surface area contributed by atoms with Gasteiger partial charge >= 0.3 is 0 Å². The van der Waals surface area contributed by atoms with Gasteiger partial charge in [-0.25, -0.2) is 0 Å². The van der Waals surface area contributed by atoms with Gasteiger partial charge in [-0.05, 0) is 25.5 Å². The molecule has 0 atom stereocenters. The van der Waals surface area contributed by atoms with E-state index >= 15 is 0 Å². The van der Waals surface area contributed by atoms with Crippen LogP contribution in [0.3, 0.4) is 0 Å². The van der Waals surface area contributed by atoms with Crippen molar-refractivity contribution in [1.29, 1.82) is 0 Å². The second-order valence-electron chi connectivity index (χ2n) is 5.29. The van der Waals surface area contributed by atoms with Crippen molar-refractivity contribution in [3.63, 3.8) is 0 Å². The van der Waals surface area contributed by atoms with Gasteiger partial charge in [0.1, 0.15) is 0 Å². The summed E-state index contributed by atoms with van der Waals surface area (Å²) in [4.78, 5) is 22.4. The number of thioether (sulfide) groups is 1. The molecule has 0 aliphatic carbocycles. The molecule has 0 aromatic heterocycles. The zero-order valence-corrected chi connectivity index (χ0v) is 13.9. The highest BCUT2D eigenvalue weighted by Crippen LogP contribution is 2.22. The van der Waals surface area contributed by atoms with E-state index in [1.165, 1.54) is 29.0 Å². The van der Waals surface area contributed by atoms with Gasteiger partial charge in [-0.15, -0.1) is 11.8 Å². The minimum absolute atomic E-state index is 0.00946. The van der Waals surface area contributed by atoms with Gasteiger partial charge in [-0.3, -0.25) is 14.9 Å². The Morgan fingerprint density at radius 3 is 2.70 bits per heavy atom. The molecule has 0 bridgehead atoms. The van der Waals surface area contributed by atoms with Crippen LogP contribution >= 0.6 is 11.8 Å². The number of nitrogens with one attached hydrogen (secondary N) is 1. The van der Waals surface area contributed by atoms with Crippen LogP contribution in [-0.2, 0) is 10.5 Å². The molecular weight excluding hydrogens is 312 g/mol. The number of carbonyl (C=O) groups is 1. The molecule has 5 nitrogen and oxygen atoms in total. The molecular formula is C17H18N2O3S. The maximum atomic E-state index is 11.9. The Hall–Kier alpha value is -2.34. The zero-order valence-electron chi connectivity index (χ0n) is 13.0. The lowest BCUT2D eigenvalue weighted by Gasteiger charge is -2.06. The van der Waals surface area contributed by atoms with Gasteiger partial charge in [0.2, 0.25) is 5.91 Å². The summed E-state index contributed by atoms with van der Waals surface area (Å²) in [5, 5.41) is 13.6. The maximum Gasteiger partial charge on any atom is 0.274 e. The van der Waals surface area contributed by atoms with Crippen LogP contribution in [0.1, 0.15) is 16.7 Å². The van der Waals surface area contributed by atoms with E-state index in [9.17, 15) is 14.9 Å². The molecule has 2 aromatic carbocycles. The van der Waals surface area contributed by atoms with Gasteiger partial charge in [0.05, 0.1) is 10.7 Å². The van der Waals surface area contributed by atoms with Crippen LogP contribution < -0.4 is 5.32 Å². The molecule has 23 heavy (non-hydrogen) atoms. The fourth-order valence-electron chi connectivity index (χ4n) is 2.14. The fourth-order valence-corrected chi connectivity index (χ4v) is 2.92. The minimum Gasteiger partial charge on any atom is -0.325 e. The van der Waals surface area contributed by atoms with Crippen LogP contribution in [0.4, 0.5) is 11.4 Å². The summed E-state index contributed by atoms with van der Waals surface area (Å²) < 4.78 is 0. The summed E-state index contributed by atoms with van der Waals surface area (Å²) in [7, 11) is 0. The van der Waals surface area contributed by atoms with Crippen molar-refractivity contribution in [2.45, 2.75) is 19.6 Å². The third-order valence-corrected chi connectivity index (χ3v) is 4.28. The number of carbonyl (C=O) groups excluding carboxylic acids is 1. The normalized spacial score (nSPS) is 10.3. The third kappa shape index (κ3) is 5.10. The van der Waals surface area contributed by atoms with Gasteiger partial charge in [0, 0.05) is 23.1 Å². The molecule has 1 amide bonds. The predicted molar refractivity (Wildman–Crippen MR) is 93.8 cm³/mol. The van der Waals surface area contributed by atoms with Crippen LogP contribution in [0.2, 0.25) is 0 Å². The van der Waals surface area contributed by atoms with E-state index < -0.39 is 4.92 Å². The number of rotatable bonds is 6. The van der Waals surface area contributed by atoms with Gasteiger partial charge in [0.15, 0.2) is 0 Å². The molecule has 0 fully saturated rings. The fraction of sp³-hybridized carbons (Fsp3) is 0.235. The summed E-state index contributed by atoms with van der Waals surface area (Å²) >= 11 is 1.51. The Kier molecular flexibility index (Phi) is 5.76. The van der Waals surface area contributed by atoms with E-state index in [4.69, 9.17) is 0 Å². The Morgan fingerprint density at radius 2 is 2.00 bits per heavy atom. The lowest BCUT2D eigenvalue weighted by molar-refractivity contribution is -0.385. The highest BCUT2D eigenvalue weighted by Gasteiger charge is 2.12. The van der Waals surface area contributed by atoms with E-state index in [0.717, 1.165) is 5.75 Å². The quantitative estimate of drug-likeness (QED) is 0.640. The maximum absolute atomic E-state index is 11.9. The highest BCUT2D eigenvalue weighted by molar-refractivity contribution is 7.99. The largest absolute Gasteiger partial charge is 0.325 e. The van der Waals surface area contributed by atoms with Crippen LogP contribution in [0.15, 0.2) is 42.5 Å². The first kappa shape index (κ1) is 17.0. The first-order valence-electron chi connectivity index (χ1n) is 7.14. The lowest BCUT2D eigenvalue weighted by Crippen LogP contribution is -2.14. The van der Waals surface area contributed by atoms with Crippen molar-refractivity contribution in [3.8, 4) is 0 Å². The number of nitrogens with zero attached hydrogens (tertiary/aromatic N) is 1. The Morgan fingerprint density at radius 1 is 1.22 bits per heavy atom. The zero-order chi connectivity index (χ0) is 16.8. The molecule has 6 heteroatoms. The second-order valence-corrected chi connectivity index (χ2v) is 6.27. The first-order chi connectivity index (χ1) is 11.0. The molecule has 0 radical (unpaired) electrons. The van der Waals surface area contributed by atoms with Crippen LogP contribution in [0.5, 0.6) is 0 Å². The molecule has 0 unspecified atom stereocenters. The topological polar surface area (TPSA) is 72.2 Å². The molecule has 0 spiro atoms. The number of benzene rings is 2. The van der Waals surface area contributed by atoms with Gasteiger partial charge in [-0.2, -0.15) is 0 Å². The smallest absolute Gasteiger partial charge is 0.274 e. The summed E-state index contributed by atoms with van der Waals surface area (Å²) in [6.07, 6.45) is 0.